The van der Waals surface area contributed by atoms with Crippen LogP contribution in [0.4, 0.5) is 5.69 Å². The molecule has 0 aromatic heterocycles. The highest BCUT2D eigenvalue weighted by Gasteiger charge is 2.29. The third kappa shape index (κ3) is 6.46. The average Bonchev–Trinajstić information content (AvgIpc) is 2.84. The summed E-state index contributed by atoms with van der Waals surface area (Å²) in [6.45, 7) is 5.00. The molecule has 1 saturated heterocycles. The summed E-state index contributed by atoms with van der Waals surface area (Å²) in [5, 5.41) is 2.76. The van der Waals surface area contributed by atoms with Gasteiger partial charge in [0.2, 0.25) is 10.0 Å². The number of ether oxygens (including phenoxy) is 3. The van der Waals surface area contributed by atoms with Gasteiger partial charge in [0.15, 0.2) is 0 Å². The number of hydrogen-bond donors (Lipinski definition) is 1. The molecule has 1 atom stereocenters. The molecular weight excluding hydrogens is 444 g/mol. The quantitative estimate of drug-likeness (QED) is 0.560. The number of anilines is 1. The van der Waals surface area contributed by atoms with Crippen molar-refractivity contribution in [1.82, 2.24) is 4.31 Å². The fourth-order valence-corrected chi connectivity index (χ4v) is 5.28. The summed E-state index contributed by atoms with van der Waals surface area (Å²) in [6.07, 6.45) is 1.95. The predicted molar refractivity (Wildman–Crippen MR) is 126 cm³/mol. The van der Waals surface area contributed by atoms with Gasteiger partial charge in [-0.2, -0.15) is 4.31 Å². The van der Waals surface area contributed by atoms with Gasteiger partial charge in [-0.1, -0.05) is 18.6 Å². The number of amides is 1. The molecule has 1 fully saturated rings. The lowest BCUT2D eigenvalue weighted by Crippen LogP contribution is -2.36. The second-order valence-electron chi connectivity index (χ2n) is 7.85. The number of rotatable bonds is 10. The number of piperidine rings is 1. The van der Waals surface area contributed by atoms with E-state index < -0.39 is 16.1 Å². The Hall–Kier alpha value is -2.62. The van der Waals surface area contributed by atoms with E-state index in [2.05, 4.69) is 5.32 Å². The van der Waals surface area contributed by atoms with E-state index in [1.165, 1.54) is 10.4 Å². The largest absolute Gasteiger partial charge is 0.497 e. The van der Waals surface area contributed by atoms with Crippen LogP contribution in [0.3, 0.4) is 0 Å². The second-order valence-corrected chi connectivity index (χ2v) is 9.76. The van der Waals surface area contributed by atoms with Crippen molar-refractivity contribution in [1.29, 1.82) is 0 Å². The SMILES string of the molecule is CCOc1ccc(NC(=O)C(C)OCc2cccc(OC)c2)cc1S(=O)(=O)N1CCCCC1. The monoisotopic (exact) mass is 476 g/mol. The Morgan fingerprint density at radius 3 is 2.58 bits per heavy atom. The summed E-state index contributed by atoms with van der Waals surface area (Å²) in [6, 6.07) is 12.1. The molecule has 0 spiro atoms. The zero-order chi connectivity index (χ0) is 23.8. The Kier molecular flexibility index (Phi) is 8.71. The van der Waals surface area contributed by atoms with E-state index in [0.29, 0.717) is 31.1 Å². The number of carbonyl (C=O) groups excluding carboxylic acids is 1. The maximum Gasteiger partial charge on any atom is 0.253 e. The molecule has 1 aliphatic heterocycles. The van der Waals surface area contributed by atoms with Gasteiger partial charge in [-0.25, -0.2) is 8.42 Å². The number of sulfonamides is 1. The molecule has 1 N–H and O–H groups in total. The van der Waals surface area contributed by atoms with E-state index in [1.54, 1.807) is 33.1 Å². The number of carbonyl (C=O) groups is 1. The van der Waals surface area contributed by atoms with Crippen molar-refractivity contribution in [2.24, 2.45) is 0 Å². The third-order valence-electron chi connectivity index (χ3n) is 5.45. The molecule has 33 heavy (non-hydrogen) atoms. The van der Waals surface area contributed by atoms with E-state index in [4.69, 9.17) is 14.2 Å². The minimum atomic E-state index is -3.73. The van der Waals surface area contributed by atoms with Crippen molar-refractivity contribution in [2.75, 3.05) is 32.1 Å². The van der Waals surface area contributed by atoms with Crippen LogP contribution in [-0.2, 0) is 26.2 Å². The van der Waals surface area contributed by atoms with E-state index in [1.807, 2.05) is 24.3 Å². The molecule has 1 aliphatic rings. The first-order chi connectivity index (χ1) is 15.8. The molecule has 0 bridgehead atoms. The first kappa shape index (κ1) is 25.0. The molecule has 0 saturated carbocycles. The van der Waals surface area contributed by atoms with Crippen molar-refractivity contribution in [3.63, 3.8) is 0 Å². The van der Waals surface area contributed by atoms with E-state index in [-0.39, 0.29) is 23.2 Å². The molecule has 180 valence electrons. The van der Waals surface area contributed by atoms with Gasteiger partial charge < -0.3 is 19.5 Å². The smallest absolute Gasteiger partial charge is 0.253 e. The molecule has 1 unspecified atom stereocenters. The number of nitrogens with one attached hydrogen (secondary N) is 1. The van der Waals surface area contributed by atoms with Crippen molar-refractivity contribution in [2.45, 2.75) is 50.7 Å². The van der Waals surface area contributed by atoms with Crippen molar-refractivity contribution < 1.29 is 27.4 Å². The number of nitrogens with zero attached hydrogens (tertiary/aromatic N) is 1. The second kappa shape index (κ2) is 11.5. The molecular formula is C24H32N2O6S. The summed E-state index contributed by atoms with van der Waals surface area (Å²) >= 11 is 0. The lowest BCUT2D eigenvalue weighted by molar-refractivity contribution is -0.127. The Bertz CT molecular complexity index is 1050. The van der Waals surface area contributed by atoms with Gasteiger partial charge in [0.1, 0.15) is 22.5 Å². The molecule has 9 heteroatoms. The fraction of sp³-hybridized carbons (Fsp3) is 0.458. The van der Waals surface area contributed by atoms with Gasteiger partial charge in [-0.15, -0.1) is 0 Å². The first-order valence-corrected chi connectivity index (χ1v) is 12.6. The number of hydrogen-bond acceptors (Lipinski definition) is 6. The molecule has 0 aliphatic carbocycles. The Morgan fingerprint density at radius 2 is 1.88 bits per heavy atom. The van der Waals surface area contributed by atoms with Crippen LogP contribution in [0.15, 0.2) is 47.4 Å². The highest BCUT2D eigenvalue weighted by molar-refractivity contribution is 7.89. The minimum Gasteiger partial charge on any atom is -0.497 e. The average molecular weight is 477 g/mol. The highest BCUT2D eigenvalue weighted by atomic mass is 32.2. The van der Waals surface area contributed by atoms with Crippen LogP contribution in [-0.4, -0.2) is 51.5 Å². The minimum absolute atomic E-state index is 0.0639. The van der Waals surface area contributed by atoms with Gasteiger partial charge in [0, 0.05) is 18.8 Å². The zero-order valence-corrected chi connectivity index (χ0v) is 20.2. The zero-order valence-electron chi connectivity index (χ0n) is 19.4. The Labute approximate surface area is 195 Å². The van der Waals surface area contributed by atoms with Crippen LogP contribution in [0, 0.1) is 0 Å². The molecule has 0 radical (unpaired) electrons. The normalized spacial score (nSPS) is 15.6. The summed E-state index contributed by atoms with van der Waals surface area (Å²) in [4.78, 5) is 12.7. The molecule has 1 amide bonds. The van der Waals surface area contributed by atoms with Crippen LogP contribution in [0.25, 0.3) is 0 Å². The van der Waals surface area contributed by atoms with Crippen LogP contribution in [0.5, 0.6) is 11.5 Å². The van der Waals surface area contributed by atoms with Crippen LogP contribution in [0.1, 0.15) is 38.7 Å². The van der Waals surface area contributed by atoms with Gasteiger partial charge in [-0.3, -0.25) is 4.79 Å². The van der Waals surface area contributed by atoms with Crippen LogP contribution < -0.4 is 14.8 Å². The van der Waals surface area contributed by atoms with E-state index >= 15 is 0 Å². The molecule has 2 aromatic carbocycles. The third-order valence-corrected chi connectivity index (χ3v) is 7.37. The van der Waals surface area contributed by atoms with Gasteiger partial charge in [-0.05, 0) is 62.6 Å². The molecule has 8 nitrogen and oxygen atoms in total. The predicted octanol–water partition coefficient (Wildman–Crippen LogP) is 3.81. The van der Waals surface area contributed by atoms with Gasteiger partial charge in [0.05, 0.1) is 20.3 Å². The number of benzene rings is 2. The highest BCUT2D eigenvalue weighted by Crippen LogP contribution is 2.31. The van der Waals surface area contributed by atoms with Gasteiger partial charge in [0.25, 0.3) is 5.91 Å². The molecule has 1 heterocycles. The summed E-state index contributed by atoms with van der Waals surface area (Å²) < 4.78 is 44.5. The molecule has 2 aromatic rings. The lowest BCUT2D eigenvalue weighted by atomic mass is 10.2. The summed E-state index contributed by atoms with van der Waals surface area (Å²) in [5.74, 6) is 0.622. The topological polar surface area (TPSA) is 94.2 Å². The van der Waals surface area contributed by atoms with Crippen molar-refractivity contribution >= 4 is 21.6 Å². The lowest BCUT2D eigenvalue weighted by Gasteiger charge is -2.27. The summed E-state index contributed by atoms with van der Waals surface area (Å²) in [7, 11) is -2.14. The first-order valence-electron chi connectivity index (χ1n) is 11.2. The molecule has 3 rings (SSSR count). The summed E-state index contributed by atoms with van der Waals surface area (Å²) in [5.41, 5.74) is 1.25. The van der Waals surface area contributed by atoms with E-state index in [0.717, 1.165) is 24.8 Å². The van der Waals surface area contributed by atoms with Crippen molar-refractivity contribution in [3.05, 3.63) is 48.0 Å². The standard InChI is InChI=1S/C24H32N2O6S/c1-4-31-22-12-11-20(16-23(22)33(28,29)26-13-6-5-7-14-26)25-24(27)18(2)32-17-19-9-8-10-21(15-19)30-3/h8-12,15-16,18H,4-7,13-14,17H2,1-3H3,(H,25,27). The fourth-order valence-electron chi connectivity index (χ4n) is 3.61. The number of methoxy groups -OCH3 is 1. The Morgan fingerprint density at radius 1 is 1.12 bits per heavy atom. The maximum atomic E-state index is 13.3. The van der Waals surface area contributed by atoms with Crippen LogP contribution in [0.2, 0.25) is 0 Å². The van der Waals surface area contributed by atoms with Crippen LogP contribution >= 0.6 is 0 Å². The van der Waals surface area contributed by atoms with Gasteiger partial charge >= 0.3 is 0 Å². The maximum absolute atomic E-state index is 13.3. The van der Waals surface area contributed by atoms with Crippen molar-refractivity contribution in [3.8, 4) is 11.5 Å². The Balaban J connectivity index is 1.71. The van der Waals surface area contributed by atoms with E-state index in [9.17, 15) is 13.2 Å².